The van der Waals surface area contributed by atoms with Crippen molar-refractivity contribution in [3.63, 3.8) is 0 Å². The lowest BCUT2D eigenvalue weighted by Gasteiger charge is -2.24. The number of allylic oxidation sites excluding steroid dienone is 4. The molecule has 0 heterocycles. The molecule has 0 rings (SSSR count). The molecule has 0 bridgehead atoms. The van der Waals surface area contributed by atoms with Crippen LogP contribution in [0.5, 0.6) is 0 Å². The third kappa shape index (κ3) is 16.8. The number of carbonyl (C=O) groups excluding carboxylic acids is 1. The molecule has 2 heteroatoms. The maximum Gasteiger partial charge on any atom is 0.306 e. The molecule has 0 saturated carbocycles. The summed E-state index contributed by atoms with van der Waals surface area (Å²) in [4.78, 5) is 12.0. The Morgan fingerprint density at radius 3 is 1.81 bits per heavy atom. The minimum absolute atomic E-state index is 0.0203. The van der Waals surface area contributed by atoms with Crippen LogP contribution in [0.1, 0.15) is 112 Å². The van der Waals surface area contributed by atoms with E-state index >= 15 is 0 Å². The van der Waals surface area contributed by atoms with Crippen LogP contribution in [0.25, 0.3) is 0 Å². The number of unbranched alkanes of at least 4 members (excludes halogenated alkanes) is 8. The lowest BCUT2D eigenvalue weighted by molar-refractivity contribution is -0.154. The zero-order valence-corrected chi connectivity index (χ0v) is 18.8. The third-order valence-electron chi connectivity index (χ3n) is 4.91. The number of ether oxygens (including phenoxy) is 1. The molecule has 0 aliphatic heterocycles. The third-order valence-corrected chi connectivity index (χ3v) is 4.91. The number of esters is 1. The number of hydrogen-bond donors (Lipinski definition) is 0. The highest BCUT2D eigenvalue weighted by Gasteiger charge is 2.21. The predicted octanol–water partition coefficient (Wildman–Crippen LogP) is 8.02. The van der Waals surface area contributed by atoms with E-state index in [2.05, 4.69) is 58.9 Å². The van der Waals surface area contributed by atoms with Crippen LogP contribution in [0, 0.1) is 11.8 Å². The minimum atomic E-state index is -0.0203. The Bertz CT molecular complexity index is 385. The van der Waals surface area contributed by atoms with Gasteiger partial charge >= 0.3 is 5.97 Å². The standard InChI is InChI=1S/C25H46O2/c1-6-7-8-9-10-11-12-13-14-15-16-17-18-19-20-21-24(26)27-25(22(2)3)23(4)5/h10-11,13-14,22-23,25H,6-9,12,15-21H2,1-5H3/b11-10-,14-13+. The fraction of sp³-hybridized carbons (Fsp3) is 0.800. The lowest BCUT2D eigenvalue weighted by atomic mass is 9.96. The molecule has 0 N–H and O–H groups in total. The van der Waals surface area contributed by atoms with Crippen LogP contribution in [0.2, 0.25) is 0 Å². The van der Waals surface area contributed by atoms with Crippen LogP contribution < -0.4 is 0 Å². The van der Waals surface area contributed by atoms with Crippen LogP contribution in [0.4, 0.5) is 0 Å². The zero-order valence-electron chi connectivity index (χ0n) is 18.8. The normalized spacial score (nSPS) is 12.3. The van der Waals surface area contributed by atoms with Crippen molar-refractivity contribution in [2.24, 2.45) is 11.8 Å². The second-order valence-electron chi connectivity index (χ2n) is 8.42. The summed E-state index contributed by atoms with van der Waals surface area (Å²) in [5.74, 6) is 0.755. The summed E-state index contributed by atoms with van der Waals surface area (Å²) in [6, 6.07) is 0. The van der Waals surface area contributed by atoms with Crippen molar-refractivity contribution in [2.75, 3.05) is 0 Å². The molecule has 0 aromatic rings. The molecular formula is C25H46O2. The van der Waals surface area contributed by atoms with E-state index in [0.29, 0.717) is 18.3 Å². The van der Waals surface area contributed by atoms with Crippen molar-refractivity contribution in [3.05, 3.63) is 24.3 Å². The summed E-state index contributed by atoms with van der Waals surface area (Å²) in [6.45, 7) is 10.7. The van der Waals surface area contributed by atoms with Gasteiger partial charge in [0, 0.05) is 6.42 Å². The van der Waals surface area contributed by atoms with E-state index in [1.165, 1.54) is 51.4 Å². The average Bonchev–Trinajstić information content (AvgIpc) is 2.62. The van der Waals surface area contributed by atoms with Gasteiger partial charge in [-0.3, -0.25) is 4.79 Å². The molecule has 0 aromatic carbocycles. The van der Waals surface area contributed by atoms with Crippen LogP contribution in [0.3, 0.4) is 0 Å². The van der Waals surface area contributed by atoms with Crippen LogP contribution in [-0.4, -0.2) is 12.1 Å². The van der Waals surface area contributed by atoms with Gasteiger partial charge in [0.25, 0.3) is 0 Å². The average molecular weight is 379 g/mol. The van der Waals surface area contributed by atoms with Crippen molar-refractivity contribution >= 4 is 5.97 Å². The Morgan fingerprint density at radius 1 is 0.741 bits per heavy atom. The highest BCUT2D eigenvalue weighted by Crippen LogP contribution is 2.17. The summed E-state index contributed by atoms with van der Waals surface area (Å²) in [5.41, 5.74) is 0. The molecular weight excluding hydrogens is 332 g/mol. The highest BCUT2D eigenvalue weighted by molar-refractivity contribution is 5.69. The maximum absolute atomic E-state index is 12.0. The van der Waals surface area contributed by atoms with Gasteiger partial charge in [-0.25, -0.2) is 0 Å². The van der Waals surface area contributed by atoms with Crippen LogP contribution in [0.15, 0.2) is 24.3 Å². The maximum atomic E-state index is 12.0. The van der Waals surface area contributed by atoms with Crippen molar-refractivity contribution < 1.29 is 9.53 Å². The number of rotatable bonds is 17. The Labute approximate surface area is 169 Å². The highest BCUT2D eigenvalue weighted by atomic mass is 16.5. The van der Waals surface area contributed by atoms with Gasteiger partial charge in [0.1, 0.15) is 6.10 Å². The van der Waals surface area contributed by atoms with E-state index in [1.54, 1.807) is 0 Å². The van der Waals surface area contributed by atoms with Gasteiger partial charge in [0.2, 0.25) is 0 Å². The van der Waals surface area contributed by atoms with Crippen molar-refractivity contribution in [2.45, 2.75) is 118 Å². The molecule has 0 atom stereocenters. The minimum Gasteiger partial charge on any atom is -0.462 e. The van der Waals surface area contributed by atoms with Gasteiger partial charge in [-0.1, -0.05) is 91.0 Å². The van der Waals surface area contributed by atoms with E-state index < -0.39 is 0 Å². The SMILES string of the molecule is CCCCC/C=C\C/C=C/CCCCCCCC(=O)OC(C(C)C)C(C)C. The fourth-order valence-electron chi connectivity index (χ4n) is 3.33. The molecule has 0 aliphatic rings. The zero-order chi connectivity index (χ0) is 20.3. The first kappa shape index (κ1) is 26.0. The van der Waals surface area contributed by atoms with Gasteiger partial charge < -0.3 is 4.74 Å². The summed E-state index contributed by atoms with van der Waals surface area (Å²) < 4.78 is 5.64. The molecule has 158 valence electrons. The molecule has 0 saturated heterocycles. The Hall–Kier alpha value is -1.05. The molecule has 0 aromatic heterocycles. The molecule has 0 radical (unpaired) electrons. The summed E-state index contributed by atoms with van der Waals surface area (Å²) in [5, 5.41) is 0. The smallest absolute Gasteiger partial charge is 0.306 e. The van der Waals surface area contributed by atoms with Crippen LogP contribution >= 0.6 is 0 Å². The first-order valence-corrected chi connectivity index (χ1v) is 11.5. The van der Waals surface area contributed by atoms with E-state index in [1.807, 2.05) is 0 Å². The topological polar surface area (TPSA) is 26.3 Å². The Morgan fingerprint density at radius 2 is 1.26 bits per heavy atom. The van der Waals surface area contributed by atoms with Gasteiger partial charge in [0.05, 0.1) is 0 Å². The monoisotopic (exact) mass is 378 g/mol. The quantitative estimate of drug-likeness (QED) is 0.145. The Balaban J connectivity index is 3.51. The molecule has 0 spiro atoms. The van der Waals surface area contributed by atoms with E-state index in [4.69, 9.17) is 4.74 Å². The van der Waals surface area contributed by atoms with E-state index in [-0.39, 0.29) is 12.1 Å². The second-order valence-corrected chi connectivity index (χ2v) is 8.42. The fourth-order valence-corrected chi connectivity index (χ4v) is 3.33. The van der Waals surface area contributed by atoms with Gasteiger partial charge in [0.15, 0.2) is 0 Å². The van der Waals surface area contributed by atoms with Gasteiger partial charge in [-0.15, -0.1) is 0 Å². The molecule has 0 amide bonds. The van der Waals surface area contributed by atoms with E-state index in [9.17, 15) is 4.79 Å². The first-order valence-electron chi connectivity index (χ1n) is 11.5. The largest absolute Gasteiger partial charge is 0.462 e. The van der Waals surface area contributed by atoms with Crippen molar-refractivity contribution in [1.82, 2.24) is 0 Å². The summed E-state index contributed by atoms with van der Waals surface area (Å²) in [7, 11) is 0. The molecule has 0 aliphatic carbocycles. The first-order chi connectivity index (χ1) is 13.0. The van der Waals surface area contributed by atoms with Crippen molar-refractivity contribution in [1.29, 1.82) is 0 Å². The summed E-state index contributed by atoms with van der Waals surface area (Å²) in [6.07, 6.45) is 23.1. The van der Waals surface area contributed by atoms with E-state index in [0.717, 1.165) is 19.3 Å². The second kappa shape index (κ2) is 18.3. The van der Waals surface area contributed by atoms with Gasteiger partial charge in [-0.2, -0.15) is 0 Å². The Kier molecular flexibility index (Phi) is 17.6. The number of carbonyl (C=O) groups is 1. The lowest BCUT2D eigenvalue weighted by Crippen LogP contribution is -2.28. The molecule has 0 unspecified atom stereocenters. The van der Waals surface area contributed by atoms with Crippen molar-refractivity contribution in [3.8, 4) is 0 Å². The van der Waals surface area contributed by atoms with Crippen LogP contribution in [-0.2, 0) is 9.53 Å². The molecule has 27 heavy (non-hydrogen) atoms. The predicted molar refractivity (Wildman–Crippen MR) is 119 cm³/mol. The summed E-state index contributed by atoms with van der Waals surface area (Å²) >= 11 is 0. The number of hydrogen-bond acceptors (Lipinski definition) is 2. The van der Waals surface area contributed by atoms with Gasteiger partial charge in [-0.05, 0) is 50.4 Å². The molecule has 0 fully saturated rings. The molecule has 2 nitrogen and oxygen atoms in total.